The molecule has 4 aromatic rings. The Hall–Kier alpha value is -3.70. The van der Waals surface area contributed by atoms with E-state index in [1.54, 1.807) is 16.2 Å². The van der Waals surface area contributed by atoms with Crippen molar-refractivity contribution in [1.29, 1.82) is 0 Å². The maximum absolute atomic E-state index is 13.7. The lowest BCUT2D eigenvalue weighted by molar-refractivity contribution is -0.133. The maximum Gasteiger partial charge on any atom is 0.254 e. The van der Waals surface area contributed by atoms with Gasteiger partial charge in [-0.25, -0.2) is 0 Å². The molecule has 0 unspecified atom stereocenters. The second-order valence-electron chi connectivity index (χ2n) is 9.79. The molecule has 0 bridgehead atoms. The van der Waals surface area contributed by atoms with Gasteiger partial charge in [0.15, 0.2) is 0 Å². The summed E-state index contributed by atoms with van der Waals surface area (Å²) in [6.07, 6.45) is 0. The zero-order valence-corrected chi connectivity index (χ0v) is 22.6. The minimum absolute atomic E-state index is 0.0495. The highest BCUT2D eigenvalue weighted by Gasteiger charge is 2.24. The van der Waals surface area contributed by atoms with Crippen LogP contribution in [0.5, 0.6) is 0 Å². The zero-order valence-electron chi connectivity index (χ0n) is 21.8. The van der Waals surface area contributed by atoms with Crippen molar-refractivity contribution in [2.24, 2.45) is 5.92 Å². The molecule has 0 atom stereocenters. The molecule has 1 heterocycles. The molecule has 0 fully saturated rings. The van der Waals surface area contributed by atoms with Gasteiger partial charge in [-0.2, -0.15) is 0 Å². The molecule has 0 spiro atoms. The van der Waals surface area contributed by atoms with E-state index in [0.717, 1.165) is 16.7 Å². The van der Waals surface area contributed by atoms with Crippen molar-refractivity contribution >= 4 is 23.2 Å². The van der Waals surface area contributed by atoms with Crippen molar-refractivity contribution in [3.63, 3.8) is 0 Å². The van der Waals surface area contributed by atoms with Gasteiger partial charge in [-0.15, -0.1) is 11.3 Å². The highest BCUT2D eigenvalue weighted by atomic mass is 32.1. The molecule has 0 saturated carbocycles. The summed E-state index contributed by atoms with van der Waals surface area (Å²) in [5.41, 5.74) is 5.02. The zero-order chi connectivity index (χ0) is 26.2. The molecular weight excluding hydrogens is 476 g/mol. The molecule has 0 aliphatic heterocycles. The Morgan fingerprint density at radius 3 is 1.97 bits per heavy atom. The molecule has 0 aliphatic carbocycles. The molecule has 190 valence electrons. The normalized spacial score (nSPS) is 10.9. The maximum atomic E-state index is 13.7. The summed E-state index contributed by atoms with van der Waals surface area (Å²) >= 11 is 1.66. The first-order valence-electron chi connectivity index (χ1n) is 12.7. The van der Waals surface area contributed by atoms with Crippen molar-refractivity contribution in [3.05, 3.63) is 118 Å². The monoisotopic (exact) mass is 510 g/mol. The van der Waals surface area contributed by atoms with Crippen LogP contribution in [-0.4, -0.2) is 34.7 Å². The van der Waals surface area contributed by atoms with Gasteiger partial charge >= 0.3 is 0 Å². The number of thiophene rings is 1. The van der Waals surface area contributed by atoms with Gasteiger partial charge < -0.3 is 9.80 Å². The van der Waals surface area contributed by atoms with Gasteiger partial charge in [0.05, 0.1) is 6.54 Å². The van der Waals surface area contributed by atoms with Crippen molar-refractivity contribution in [1.82, 2.24) is 9.80 Å². The first-order valence-corrected chi connectivity index (χ1v) is 13.6. The van der Waals surface area contributed by atoms with Crippen LogP contribution in [0.4, 0.5) is 0 Å². The van der Waals surface area contributed by atoms with Crippen LogP contribution in [0.25, 0.3) is 11.1 Å². The Balaban J connectivity index is 1.54. The van der Waals surface area contributed by atoms with Crippen LogP contribution < -0.4 is 0 Å². The van der Waals surface area contributed by atoms with Crippen molar-refractivity contribution in [2.45, 2.75) is 33.9 Å². The Labute approximate surface area is 224 Å². The quantitative estimate of drug-likeness (QED) is 0.229. The van der Waals surface area contributed by atoms with Crippen LogP contribution in [0.1, 0.15) is 40.2 Å². The Morgan fingerprint density at radius 2 is 1.38 bits per heavy atom. The Bertz CT molecular complexity index is 1300. The van der Waals surface area contributed by atoms with Gasteiger partial charge in [0.2, 0.25) is 5.91 Å². The molecule has 37 heavy (non-hydrogen) atoms. The summed E-state index contributed by atoms with van der Waals surface area (Å²) in [5, 5.41) is 2.06. The van der Waals surface area contributed by atoms with E-state index in [4.69, 9.17) is 0 Å². The Morgan fingerprint density at radius 1 is 0.757 bits per heavy atom. The molecule has 0 aliphatic rings. The van der Waals surface area contributed by atoms with Gasteiger partial charge in [0.25, 0.3) is 5.91 Å². The first-order chi connectivity index (χ1) is 17.9. The van der Waals surface area contributed by atoms with E-state index < -0.39 is 0 Å². The van der Waals surface area contributed by atoms with Gasteiger partial charge in [0.1, 0.15) is 6.54 Å². The number of nitrogens with zero attached hydrogens (tertiary/aromatic N) is 2. The molecule has 1 aromatic heterocycles. The molecule has 0 saturated heterocycles. The van der Waals surface area contributed by atoms with Gasteiger partial charge in [-0.05, 0) is 58.7 Å². The van der Waals surface area contributed by atoms with Crippen molar-refractivity contribution in [2.75, 3.05) is 13.1 Å². The minimum Gasteiger partial charge on any atom is -0.332 e. The number of benzene rings is 3. The molecule has 0 radical (unpaired) electrons. The second-order valence-corrected chi connectivity index (χ2v) is 10.8. The molecule has 4 rings (SSSR count). The van der Waals surface area contributed by atoms with E-state index in [-0.39, 0.29) is 24.3 Å². The number of carbonyl (C=O) groups excluding carboxylic acids is 2. The molecule has 2 amide bonds. The smallest absolute Gasteiger partial charge is 0.254 e. The van der Waals surface area contributed by atoms with Crippen LogP contribution in [0.3, 0.4) is 0 Å². The lowest BCUT2D eigenvalue weighted by Crippen LogP contribution is -2.43. The fraction of sp³-hybridized carbons (Fsp3) is 0.250. The van der Waals surface area contributed by atoms with E-state index in [1.165, 1.54) is 10.4 Å². The lowest BCUT2D eigenvalue weighted by atomic mass is 10.0. The van der Waals surface area contributed by atoms with Crippen LogP contribution in [0.15, 0.2) is 96.4 Å². The number of hydrogen-bond acceptors (Lipinski definition) is 3. The molecule has 3 aromatic carbocycles. The summed E-state index contributed by atoms with van der Waals surface area (Å²) < 4.78 is 0. The predicted octanol–water partition coefficient (Wildman–Crippen LogP) is 7.05. The van der Waals surface area contributed by atoms with Crippen molar-refractivity contribution in [3.8, 4) is 11.1 Å². The third-order valence-electron chi connectivity index (χ3n) is 6.31. The SMILES string of the molecule is Cc1ccsc1CN(Cc1ccccc1)C(=O)CN(CC(C)C)C(=O)c1ccc(-c2ccccc2)cc1. The summed E-state index contributed by atoms with van der Waals surface area (Å²) in [4.78, 5) is 32.0. The largest absolute Gasteiger partial charge is 0.332 e. The standard InChI is InChI=1S/C32H34N2O2S/c1-24(2)20-34(32(36)29-16-14-28(15-17-29)27-12-8-5-9-13-27)23-31(35)33(21-26-10-6-4-7-11-26)22-30-25(3)18-19-37-30/h4-19,24H,20-23H2,1-3H3. The number of aryl methyl sites for hydroxylation is 1. The van der Waals surface area contributed by atoms with Crippen molar-refractivity contribution < 1.29 is 9.59 Å². The number of amides is 2. The van der Waals surface area contributed by atoms with Crippen LogP contribution in [0, 0.1) is 12.8 Å². The van der Waals surface area contributed by atoms with Crippen LogP contribution in [0.2, 0.25) is 0 Å². The average Bonchev–Trinajstić information content (AvgIpc) is 3.32. The van der Waals surface area contributed by atoms with Crippen LogP contribution in [-0.2, 0) is 17.9 Å². The first kappa shape index (κ1) is 26.4. The number of rotatable bonds is 10. The Kier molecular flexibility index (Phi) is 8.91. The topological polar surface area (TPSA) is 40.6 Å². The fourth-order valence-electron chi connectivity index (χ4n) is 4.32. The highest BCUT2D eigenvalue weighted by Crippen LogP contribution is 2.22. The van der Waals surface area contributed by atoms with E-state index in [9.17, 15) is 9.59 Å². The molecular formula is C32H34N2O2S. The van der Waals surface area contributed by atoms with E-state index in [2.05, 4.69) is 44.4 Å². The third kappa shape index (κ3) is 7.17. The highest BCUT2D eigenvalue weighted by molar-refractivity contribution is 7.10. The van der Waals surface area contributed by atoms with E-state index >= 15 is 0 Å². The summed E-state index contributed by atoms with van der Waals surface area (Å²) in [6, 6.07) is 29.9. The fourth-order valence-corrected chi connectivity index (χ4v) is 5.24. The molecule has 4 nitrogen and oxygen atoms in total. The number of hydrogen-bond donors (Lipinski definition) is 0. The molecule has 0 N–H and O–H groups in total. The van der Waals surface area contributed by atoms with E-state index in [1.807, 2.05) is 77.7 Å². The predicted molar refractivity (Wildman–Crippen MR) is 152 cm³/mol. The van der Waals surface area contributed by atoms with Crippen LogP contribution >= 0.6 is 11.3 Å². The average molecular weight is 511 g/mol. The summed E-state index contributed by atoms with van der Waals surface area (Å²) in [7, 11) is 0. The van der Waals surface area contributed by atoms with Gasteiger partial charge in [0, 0.05) is 23.5 Å². The van der Waals surface area contributed by atoms with E-state index in [0.29, 0.717) is 25.2 Å². The van der Waals surface area contributed by atoms with Gasteiger partial charge in [-0.3, -0.25) is 9.59 Å². The lowest BCUT2D eigenvalue weighted by Gasteiger charge is -2.29. The second kappa shape index (κ2) is 12.5. The summed E-state index contributed by atoms with van der Waals surface area (Å²) in [6.45, 7) is 7.82. The summed E-state index contributed by atoms with van der Waals surface area (Å²) in [5.74, 6) is 0.0719. The van der Waals surface area contributed by atoms with Gasteiger partial charge in [-0.1, -0.05) is 86.6 Å². The minimum atomic E-state index is -0.117. The third-order valence-corrected chi connectivity index (χ3v) is 7.32. The number of carbonyl (C=O) groups is 2. The molecule has 5 heteroatoms.